The maximum atomic E-state index is 5.77. The van der Waals surface area contributed by atoms with E-state index in [2.05, 4.69) is 74.9 Å². The topological polar surface area (TPSA) is 54.8 Å². The number of thiocarbonyl (C=S) groups is 1. The van der Waals surface area contributed by atoms with E-state index in [9.17, 15) is 0 Å². The van der Waals surface area contributed by atoms with Gasteiger partial charge >= 0.3 is 0 Å². The third-order valence-electron chi connectivity index (χ3n) is 7.01. The summed E-state index contributed by atoms with van der Waals surface area (Å²) in [4.78, 5) is 9.28. The number of nitrogens with zero attached hydrogens (tertiary/aromatic N) is 4. The fourth-order valence-corrected chi connectivity index (χ4v) is 5.62. The minimum absolute atomic E-state index is 0.0279. The van der Waals surface area contributed by atoms with Crippen LogP contribution in [0.1, 0.15) is 34.7 Å². The van der Waals surface area contributed by atoms with E-state index < -0.39 is 0 Å². The van der Waals surface area contributed by atoms with Gasteiger partial charge in [-0.1, -0.05) is 6.07 Å². The Kier molecular flexibility index (Phi) is 7.04. The molecule has 8 heteroatoms. The molecule has 2 atom stereocenters. The Morgan fingerprint density at radius 2 is 1.83 bits per heavy atom. The molecule has 2 aliphatic heterocycles. The molecule has 0 aliphatic carbocycles. The van der Waals surface area contributed by atoms with E-state index in [1.807, 2.05) is 18.3 Å². The standard InChI is InChI=1S/C27H33N5O2S/c1-19-18-23(20(2)32(19)22-9-7-21(8-10-22)30-12-16-34-17-13-30)26-25(24-6-4-5-11-28-24)29-27(35)31(26)14-15-33-3/h4-11,18,25-26H,12-17H2,1-3H3,(H,29,35)/t25-,26-/m1/s1. The zero-order chi connectivity index (χ0) is 24.4. The quantitative estimate of drug-likeness (QED) is 0.503. The SMILES string of the molecule is COCCN1C(=S)N[C@H](c2ccccn2)[C@H]1c1cc(C)n(-c2ccc(N3CCOCC3)cc2)c1C. The Balaban J connectivity index is 1.50. The zero-order valence-corrected chi connectivity index (χ0v) is 21.4. The van der Waals surface area contributed by atoms with Crippen LogP contribution >= 0.6 is 12.2 Å². The molecule has 2 aliphatic rings. The lowest BCUT2D eigenvalue weighted by Gasteiger charge is -2.29. The first kappa shape index (κ1) is 23.8. The van der Waals surface area contributed by atoms with Crippen molar-refractivity contribution in [2.24, 2.45) is 0 Å². The number of methoxy groups -OCH3 is 1. The third-order valence-corrected chi connectivity index (χ3v) is 7.36. The highest BCUT2D eigenvalue weighted by Gasteiger charge is 2.41. The molecule has 5 rings (SSSR count). The van der Waals surface area contributed by atoms with E-state index in [0.29, 0.717) is 13.2 Å². The summed E-state index contributed by atoms with van der Waals surface area (Å²) in [5.74, 6) is 0. The average molecular weight is 492 g/mol. The molecule has 2 saturated heterocycles. The first-order valence-electron chi connectivity index (χ1n) is 12.2. The molecule has 35 heavy (non-hydrogen) atoms. The van der Waals surface area contributed by atoms with Gasteiger partial charge in [-0.25, -0.2) is 0 Å². The maximum absolute atomic E-state index is 5.77. The van der Waals surface area contributed by atoms with Gasteiger partial charge in [0.1, 0.15) is 0 Å². The van der Waals surface area contributed by atoms with Crippen molar-refractivity contribution >= 4 is 23.0 Å². The molecular formula is C27H33N5O2S. The number of ether oxygens (including phenoxy) is 2. The van der Waals surface area contributed by atoms with Crippen LogP contribution in [0.2, 0.25) is 0 Å². The lowest BCUT2D eigenvalue weighted by molar-refractivity contribution is 0.122. The van der Waals surface area contributed by atoms with Crippen LogP contribution in [0.3, 0.4) is 0 Å². The van der Waals surface area contributed by atoms with Crippen LogP contribution in [0.15, 0.2) is 54.7 Å². The summed E-state index contributed by atoms with van der Waals surface area (Å²) < 4.78 is 13.2. The van der Waals surface area contributed by atoms with Gasteiger partial charge in [-0.2, -0.15) is 0 Å². The summed E-state index contributed by atoms with van der Waals surface area (Å²) in [5, 5.41) is 4.27. The maximum Gasteiger partial charge on any atom is 0.170 e. The van der Waals surface area contributed by atoms with Crippen molar-refractivity contribution in [2.75, 3.05) is 51.5 Å². The van der Waals surface area contributed by atoms with Gasteiger partial charge in [0.2, 0.25) is 0 Å². The summed E-state index contributed by atoms with van der Waals surface area (Å²) in [7, 11) is 1.73. The second-order valence-electron chi connectivity index (χ2n) is 9.09. The molecule has 1 N–H and O–H groups in total. The smallest absolute Gasteiger partial charge is 0.170 e. The molecule has 3 aromatic rings. The Hall–Kier alpha value is -2.94. The lowest BCUT2D eigenvalue weighted by Crippen LogP contribution is -2.36. The predicted octanol–water partition coefficient (Wildman–Crippen LogP) is 3.94. The van der Waals surface area contributed by atoms with Gasteiger partial charge in [-0.05, 0) is 74.1 Å². The fraction of sp³-hybridized carbons (Fsp3) is 0.407. The molecule has 0 amide bonds. The number of hydrogen-bond donors (Lipinski definition) is 1. The van der Waals surface area contributed by atoms with Gasteiger partial charge in [0, 0.05) is 55.7 Å². The number of anilines is 1. The molecule has 0 spiro atoms. The molecular weight excluding hydrogens is 458 g/mol. The van der Waals surface area contributed by atoms with E-state index in [-0.39, 0.29) is 12.1 Å². The van der Waals surface area contributed by atoms with Crippen LogP contribution in [0.25, 0.3) is 5.69 Å². The highest BCUT2D eigenvalue weighted by atomic mass is 32.1. The zero-order valence-electron chi connectivity index (χ0n) is 20.6. The van der Waals surface area contributed by atoms with Crippen molar-refractivity contribution in [1.29, 1.82) is 0 Å². The fourth-order valence-electron chi connectivity index (χ4n) is 5.29. The number of nitrogens with one attached hydrogen (secondary N) is 1. The molecule has 184 valence electrons. The first-order valence-corrected chi connectivity index (χ1v) is 12.6. The second-order valence-corrected chi connectivity index (χ2v) is 9.48. The summed E-state index contributed by atoms with van der Waals surface area (Å²) in [6, 6.07) is 17.2. The van der Waals surface area contributed by atoms with Crippen LogP contribution in [0.4, 0.5) is 5.69 Å². The minimum Gasteiger partial charge on any atom is -0.383 e. The van der Waals surface area contributed by atoms with E-state index in [4.69, 9.17) is 21.7 Å². The van der Waals surface area contributed by atoms with Crippen molar-refractivity contribution in [3.05, 3.63) is 77.4 Å². The van der Waals surface area contributed by atoms with Crippen LogP contribution in [0.5, 0.6) is 0 Å². The van der Waals surface area contributed by atoms with Crippen molar-refractivity contribution in [3.8, 4) is 5.69 Å². The molecule has 2 fully saturated rings. The molecule has 4 heterocycles. The van der Waals surface area contributed by atoms with Crippen molar-refractivity contribution in [2.45, 2.75) is 25.9 Å². The Morgan fingerprint density at radius 1 is 1.09 bits per heavy atom. The number of aromatic nitrogens is 2. The number of hydrogen-bond acceptors (Lipinski definition) is 5. The molecule has 7 nitrogen and oxygen atoms in total. The van der Waals surface area contributed by atoms with Gasteiger partial charge in [-0.15, -0.1) is 0 Å². The van der Waals surface area contributed by atoms with E-state index in [1.54, 1.807) is 7.11 Å². The van der Waals surface area contributed by atoms with E-state index >= 15 is 0 Å². The van der Waals surface area contributed by atoms with E-state index in [1.165, 1.54) is 22.6 Å². The van der Waals surface area contributed by atoms with Crippen molar-refractivity contribution in [3.63, 3.8) is 0 Å². The number of benzene rings is 1. The lowest BCUT2D eigenvalue weighted by atomic mass is 9.97. The number of morpholine rings is 1. The normalized spacial score (nSPS) is 20.4. The first-order chi connectivity index (χ1) is 17.1. The van der Waals surface area contributed by atoms with Crippen LogP contribution in [-0.4, -0.2) is 66.1 Å². The van der Waals surface area contributed by atoms with Crippen LogP contribution in [-0.2, 0) is 9.47 Å². The average Bonchev–Trinajstić information content (AvgIpc) is 3.38. The number of rotatable bonds is 7. The number of pyridine rings is 1. The summed E-state index contributed by atoms with van der Waals surface area (Å²) in [6.45, 7) is 9.14. The van der Waals surface area contributed by atoms with Gasteiger partial charge < -0.3 is 29.2 Å². The van der Waals surface area contributed by atoms with E-state index in [0.717, 1.165) is 42.8 Å². The Bertz CT molecular complexity index is 1160. The van der Waals surface area contributed by atoms with Gasteiger partial charge in [0.15, 0.2) is 5.11 Å². The molecule has 1 aromatic carbocycles. The highest BCUT2D eigenvalue weighted by molar-refractivity contribution is 7.80. The molecule has 2 aromatic heterocycles. The Morgan fingerprint density at radius 3 is 2.51 bits per heavy atom. The minimum atomic E-state index is -0.0294. The predicted molar refractivity (Wildman–Crippen MR) is 142 cm³/mol. The highest BCUT2D eigenvalue weighted by Crippen LogP contribution is 2.41. The largest absolute Gasteiger partial charge is 0.383 e. The second kappa shape index (κ2) is 10.4. The monoisotopic (exact) mass is 491 g/mol. The Labute approximate surface area is 212 Å². The molecule has 0 unspecified atom stereocenters. The molecule has 0 radical (unpaired) electrons. The van der Waals surface area contributed by atoms with Crippen molar-refractivity contribution < 1.29 is 9.47 Å². The summed E-state index contributed by atoms with van der Waals surface area (Å²) >= 11 is 5.77. The summed E-state index contributed by atoms with van der Waals surface area (Å²) in [5.41, 5.74) is 7.04. The van der Waals surface area contributed by atoms with Gasteiger partial charge in [0.05, 0.1) is 37.6 Å². The van der Waals surface area contributed by atoms with Gasteiger partial charge in [-0.3, -0.25) is 4.98 Å². The third kappa shape index (κ3) is 4.66. The van der Waals surface area contributed by atoms with Crippen molar-refractivity contribution in [1.82, 2.24) is 19.8 Å². The van der Waals surface area contributed by atoms with Crippen LogP contribution < -0.4 is 10.2 Å². The summed E-state index contributed by atoms with van der Waals surface area (Å²) in [6.07, 6.45) is 1.84. The molecule has 0 bridgehead atoms. The van der Waals surface area contributed by atoms with Crippen LogP contribution in [0, 0.1) is 13.8 Å². The molecule has 0 saturated carbocycles. The van der Waals surface area contributed by atoms with Gasteiger partial charge in [0.25, 0.3) is 0 Å². The number of aryl methyl sites for hydroxylation is 1.